The Hall–Kier alpha value is -12.3. The number of hydrogen-bond donors (Lipinski definition) is 0. The number of aromatic nitrogens is 9. The van der Waals surface area contributed by atoms with Gasteiger partial charge in [0.1, 0.15) is 47.9 Å². The van der Waals surface area contributed by atoms with E-state index in [4.69, 9.17) is 0 Å². The minimum atomic E-state index is 0.690. The summed E-state index contributed by atoms with van der Waals surface area (Å²) in [6, 6.07) is 102. The zero-order valence-corrected chi connectivity index (χ0v) is 88.9. The van der Waals surface area contributed by atoms with Crippen molar-refractivity contribution in [2.24, 2.45) is 35.2 Å². The maximum absolute atomic E-state index is 4.43. The number of rotatable bonds is 10. The minimum Gasteiger partial charge on any atom is -0.256 e. The van der Waals surface area contributed by atoms with Crippen LogP contribution in [-0.2, 0) is 35.2 Å². The zero-order valence-electron chi connectivity index (χ0n) is 88.9. The first-order valence-corrected chi connectivity index (χ1v) is 48.8. The van der Waals surface area contributed by atoms with Crippen molar-refractivity contribution < 1.29 is 22.8 Å². The van der Waals surface area contributed by atoms with Crippen LogP contribution in [0.4, 0.5) is 0 Å². The lowest BCUT2D eigenvalue weighted by Gasteiger charge is -2.08. The van der Waals surface area contributed by atoms with Crippen molar-refractivity contribution in [3.63, 3.8) is 0 Å². The van der Waals surface area contributed by atoms with Gasteiger partial charge in [-0.05, 0) is 150 Å². The molecule has 9 heteroatoms. The lowest BCUT2D eigenvalue weighted by molar-refractivity contribution is -0.660. The number of aryl methyl sites for hydroxylation is 10. The Morgan fingerprint density at radius 1 is 0.177 bits per heavy atom. The van der Waals surface area contributed by atoms with Crippen molar-refractivity contribution in [1.29, 1.82) is 0 Å². The highest BCUT2D eigenvalue weighted by atomic mass is 15.0. The van der Waals surface area contributed by atoms with Crippen molar-refractivity contribution in [2.75, 3.05) is 0 Å². The SMILES string of the molecule is CC.CC.CC.CC.CC.CC.CC.CC.CC.CC.CC.CC.CC.CC.CC.Cc1cc(-c2ccccc2)ccc1-c1cccc[n+]1C.Cc1ccc(-c2ccccc2)cc1-c1cccc[n+]1C.Cc1ccccc1-c1cc(-c2ccccc2)cc[n+]1C.Cc1ccccc1-c1cc(-c2ccccn2)cc[n+]1C.Cc1ccccc1-c1cc(-c2ncncn2)cc[n+]1C. The molecule has 0 unspecified atom stereocenters. The first-order valence-electron chi connectivity index (χ1n) is 48.8. The largest absolute Gasteiger partial charge is 0.256 e. The van der Waals surface area contributed by atoms with Gasteiger partial charge in [0.25, 0.3) is 0 Å². The summed E-state index contributed by atoms with van der Waals surface area (Å²) < 4.78 is 10.7. The summed E-state index contributed by atoms with van der Waals surface area (Å²) in [5.74, 6) is 0.690. The molecular formula is C121H176N9+5. The molecule has 0 saturated carbocycles. The van der Waals surface area contributed by atoms with Gasteiger partial charge in [0.15, 0.2) is 36.8 Å². The second-order valence-electron chi connectivity index (χ2n) is 24.9. The van der Waals surface area contributed by atoms with Crippen LogP contribution in [0.25, 0.3) is 112 Å². The summed E-state index contributed by atoms with van der Waals surface area (Å²) in [5.41, 5.74) is 29.5. The molecular weight excluding hydrogens is 1580 g/mol. The minimum absolute atomic E-state index is 0.690. The van der Waals surface area contributed by atoms with E-state index in [0.717, 1.165) is 22.5 Å². The van der Waals surface area contributed by atoms with Gasteiger partial charge < -0.3 is 0 Å². The fraction of sp³-hybridized carbons (Fsp3) is 0.331. The molecule has 0 radical (unpaired) electrons. The monoisotopic (exact) mass is 1760 g/mol. The maximum atomic E-state index is 4.43. The molecule has 7 aromatic heterocycles. The van der Waals surface area contributed by atoms with Crippen molar-refractivity contribution in [3.05, 3.63) is 369 Å². The van der Waals surface area contributed by atoms with E-state index in [1.807, 2.05) is 251 Å². The first-order chi connectivity index (χ1) is 63.8. The van der Waals surface area contributed by atoms with E-state index < -0.39 is 0 Å². The van der Waals surface area contributed by atoms with E-state index in [1.165, 1.54) is 124 Å². The Bertz CT molecular complexity index is 4660. The standard InChI is InChI=1S/3C19H18N.C18H17N2.C16H15N4.15C2H6/c1-15-8-6-7-11-18(15)19-14-17(12-13-20(19)2)16-9-4-3-5-10-16;1-15-14-17(16-8-4-3-5-9-16)11-12-18(15)19-10-6-7-13-20(19)2;1-15-11-12-17(16-8-4-3-5-9-16)14-18(15)19-10-6-7-13-20(19)2;1-14-7-3-4-8-16(14)18-13-15(10-12-20(18)2)17-9-5-6-11-19-17;1-12-5-3-4-6-14(12)15-9-13(7-8-20(15)2)16-18-10-17-11-19-16;15*1-2/h3*3-14H,1-2H3;3-13H,1-2H3;3-11H,1-2H3;15*1-2H3/q5*+1;;;;;;;;;;;;;;;. The van der Waals surface area contributed by atoms with Crippen molar-refractivity contribution >= 4 is 0 Å². The summed E-state index contributed by atoms with van der Waals surface area (Å²) in [6.07, 6.45) is 15.3. The molecule has 130 heavy (non-hydrogen) atoms. The quantitative estimate of drug-likeness (QED) is 0.128. The van der Waals surface area contributed by atoms with Crippen molar-refractivity contribution in [2.45, 2.75) is 242 Å². The smallest absolute Gasteiger partial charge is 0.213 e. The van der Waals surface area contributed by atoms with Crippen LogP contribution in [0.2, 0.25) is 0 Å². The molecule has 0 N–H and O–H groups in total. The highest BCUT2D eigenvalue weighted by molar-refractivity contribution is 5.75. The fourth-order valence-corrected chi connectivity index (χ4v) is 12.2. The van der Waals surface area contributed by atoms with E-state index in [1.54, 1.807) is 0 Å². The summed E-state index contributed by atoms with van der Waals surface area (Å²) in [6.45, 7) is 70.8. The molecule has 9 nitrogen and oxygen atoms in total. The van der Waals surface area contributed by atoms with Gasteiger partial charge in [0.2, 0.25) is 28.5 Å². The first kappa shape index (κ1) is 126. The van der Waals surface area contributed by atoms with Crippen molar-refractivity contribution in [1.82, 2.24) is 19.9 Å². The lowest BCUT2D eigenvalue weighted by atomic mass is 9.97. The molecule has 8 aromatic carbocycles. The second-order valence-corrected chi connectivity index (χ2v) is 24.9. The number of pyridine rings is 6. The third-order valence-electron chi connectivity index (χ3n) is 17.9. The van der Waals surface area contributed by atoms with Gasteiger partial charge in [-0.3, -0.25) is 4.98 Å². The average Bonchev–Trinajstić information content (AvgIpc) is 0.824. The Morgan fingerprint density at radius 3 is 0.808 bits per heavy atom. The van der Waals surface area contributed by atoms with Crippen LogP contribution in [0.1, 0.15) is 236 Å². The van der Waals surface area contributed by atoms with Crippen LogP contribution in [0.3, 0.4) is 0 Å². The van der Waals surface area contributed by atoms with E-state index in [9.17, 15) is 0 Å². The predicted molar refractivity (Wildman–Crippen MR) is 578 cm³/mol. The average molecular weight is 1760 g/mol. The van der Waals surface area contributed by atoms with Gasteiger partial charge in [-0.1, -0.05) is 384 Å². The third kappa shape index (κ3) is 43.2. The van der Waals surface area contributed by atoms with Crippen LogP contribution in [0, 0.1) is 34.6 Å². The Kier molecular flexibility index (Phi) is 79.9. The lowest BCUT2D eigenvalue weighted by Crippen LogP contribution is -2.30. The van der Waals surface area contributed by atoms with Gasteiger partial charge in [0.05, 0.1) is 5.69 Å². The molecule has 0 aliphatic carbocycles. The van der Waals surface area contributed by atoms with Gasteiger partial charge in [-0.25, -0.2) is 37.8 Å². The molecule has 0 aliphatic rings. The van der Waals surface area contributed by atoms with Crippen LogP contribution in [0.15, 0.2) is 341 Å². The van der Waals surface area contributed by atoms with Crippen LogP contribution >= 0.6 is 0 Å². The Balaban J connectivity index is -0.000000465. The molecule has 0 fully saturated rings. The number of hydrogen-bond acceptors (Lipinski definition) is 4. The summed E-state index contributed by atoms with van der Waals surface area (Å²) in [5, 5.41) is 0. The van der Waals surface area contributed by atoms with E-state index >= 15 is 0 Å². The third-order valence-corrected chi connectivity index (χ3v) is 17.9. The van der Waals surface area contributed by atoms with Gasteiger partial charge in [0, 0.05) is 106 Å². The van der Waals surface area contributed by atoms with Gasteiger partial charge in [-0.2, -0.15) is 0 Å². The zero-order chi connectivity index (χ0) is 99.7. The van der Waals surface area contributed by atoms with Crippen LogP contribution in [-0.4, -0.2) is 19.9 Å². The molecule has 700 valence electrons. The summed E-state index contributed by atoms with van der Waals surface area (Å²) in [7, 11) is 10.4. The van der Waals surface area contributed by atoms with Crippen molar-refractivity contribution in [3.8, 4) is 112 Å². The fourth-order valence-electron chi connectivity index (χ4n) is 12.2. The normalized spacial score (nSPS) is 8.77. The molecule has 0 aliphatic heterocycles. The van der Waals surface area contributed by atoms with Gasteiger partial charge >= 0.3 is 0 Å². The maximum Gasteiger partial charge on any atom is 0.213 e. The van der Waals surface area contributed by atoms with E-state index in [2.05, 4.69) is 397 Å². The molecule has 0 saturated heterocycles. The van der Waals surface area contributed by atoms with E-state index in [0.29, 0.717) is 5.82 Å². The summed E-state index contributed by atoms with van der Waals surface area (Å²) in [4.78, 5) is 16.7. The van der Waals surface area contributed by atoms with Crippen LogP contribution < -0.4 is 22.8 Å². The van der Waals surface area contributed by atoms with Crippen LogP contribution in [0.5, 0.6) is 0 Å². The highest BCUT2D eigenvalue weighted by Crippen LogP contribution is 2.31. The topological polar surface area (TPSA) is 71.0 Å². The molecule has 0 atom stereocenters. The molecule has 7 heterocycles. The predicted octanol–water partition coefficient (Wildman–Crippen LogP) is 33.7. The summed E-state index contributed by atoms with van der Waals surface area (Å²) >= 11 is 0. The second kappa shape index (κ2) is 82.4. The Labute approximate surface area is 796 Å². The molecule has 0 amide bonds. The molecule has 15 aromatic rings. The highest BCUT2D eigenvalue weighted by Gasteiger charge is 2.19. The molecule has 0 spiro atoms. The van der Waals surface area contributed by atoms with E-state index in [-0.39, 0.29) is 0 Å². The van der Waals surface area contributed by atoms with Gasteiger partial charge in [-0.15, -0.1) is 0 Å². The Morgan fingerprint density at radius 2 is 0.454 bits per heavy atom. The number of nitrogens with zero attached hydrogens (tertiary/aromatic N) is 9. The number of benzene rings is 8. The molecule has 0 bridgehead atoms. The molecule has 15 rings (SSSR count).